The lowest BCUT2D eigenvalue weighted by Crippen LogP contribution is -2.24. The fourth-order valence-corrected chi connectivity index (χ4v) is 4.31. The third-order valence-electron chi connectivity index (χ3n) is 5.58. The van der Waals surface area contributed by atoms with Gasteiger partial charge in [-0.05, 0) is 59.1 Å². The molecule has 0 N–H and O–H groups in total. The zero-order chi connectivity index (χ0) is 22.2. The monoisotopic (exact) mass is 494 g/mol. The molecule has 0 radical (unpaired) electrons. The molecule has 3 aromatic heterocycles. The Balaban J connectivity index is 1.40. The number of benzene rings is 1. The first-order chi connectivity index (χ1) is 15.5. The fraction of sp³-hybridized carbons (Fsp3) is 0.261. The largest absolute Gasteiger partial charge is 0.456 e. The summed E-state index contributed by atoms with van der Waals surface area (Å²) in [6.45, 7) is 0.537. The topological polar surface area (TPSA) is 95.6 Å². The number of halogens is 1. The number of nitrogens with zero attached hydrogens (tertiary/aromatic N) is 4. The molecule has 0 fully saturated rings. The van der Waals surface area contributed by atoms with Crippen molar-refractivity contribution in [3.05, 3.63) is 84.9 Å². The molecule has 1 aliphatic heterocycles. The number of aryl methyl sites for hydroxylation is 1. The van der Waals surface area contributed by atoms with Crippen LogP contribution in [0.15, 0.2) is 56.7 Å². The Labute approximate surface area is 190 Å². The van der Waals surface area contributed by atoms with Gasteiger partial charge in [-0.3, -0.25) is 18.6 Å². The summed E-state index contributed by atoms with van der Waals surface area (Å²) in [7, 11) is 0. The van der Waals surface area contributed by atoms with E-state index in [1.165, 1.54) is 10.5 Å². The summed E-state index contributed by atoms with van der Waals surface area (Å²) in [6.07, 6.45) is 5.41. The van der Waals surface area contributed by atoms with E-state index in [0.29, 0.717) is 34.4 Å². The van der Waals surface area contributed by atoms with Crippen LogP contribution < -0.4 is 11.1 Å². The first-order valence-corrected chi connectivity index (χ1v) is 11.2. The number of carbonyl (C=O) groups excluding carboxylic acids is 1. The average Bonchev–Trinajstić information content (AvgIpc) is 3.03. The highest BCUT2D eigenvalue weighted by Gasteiger charge is 2.16. The number of hydrogen-bond acceptors (Lipinski definition) is 6. The zero-order valence-corrected chi connectivity index (χ0v) is 18.7. The molecule has 0 aliphatic carbocycles. The van der Waals surface area contributed by atoms with E-state index in [0.717, 1.165) is 36.0 Å². The van der Waals surface area contributed by atoms with Crippen LogP contribution in [0.25, 0.3) is 16.6 Å². The summed E-state index contributed by atoms with van der Waals surface area (Å²) in [5, 5.41) is 0.488. The molecule has 4 aromatic rings. The van der Waals surface area contributed by atoms with Gasteiger partial charge in [-0.15, -0.1) is 0 Å². The Bertz CT molecular complexity index is 1490. The molecule has 0 atom stereocenters. The predicted molar refractivity (Wildman–Crippen MR) is 122 cm³/mol. The molecule has 0 saturated heterocycles. The van der Waals surface area contributed by atoms with Gasteiger partial charge in [0.15, 0.2) is 0 Å². The second-order valence-corrected chi connectivity index (χ2v) is 8.68. The summed E-state index contributed by atoms with van der Waals surface area (Å²) >= 11 is 3.32. The molecule has 5 rings (SSSR count). The van der Waals surface area contributed by atoms with E-state index in [1.54, 1.807) is 41.1 Å². The Kier molecular flexibility index (Phi) is 5.34. The molecule has 0 amide bonds. The summed E-state index contributed by atoms with van der Waals surface area (Å²) < 4.78 is 9.30. The Hall–Kier alpha value is -3.33. The normalized spacial score (nSPS) is 13.7. The van der Waals surface area contributed by atoms with Gasteiger partial charge >= 0.3 is 5.97 Å². The van der Waals surface area contributed by atoms with Gasteiger partial charge in [0.25, 0.3) is 11.1 Å². The van der Waals surface area contributed by atoms with Crippen molar-refractivity contribution in [2.75, 3.05) is 0 Å². The molecule has 162 valence electrons. The van der Waals surface area contributed by atoms with E-state index in [9.17, 15) is 14.4 Å². The van der Waals surface area contributed by atoms with Crippen LogP contribution in [-0.4, -0.2) is 24.9 Å². The summed E-state index contributed by atoms with van der Waals surface area (Å²) in [5.41, 5.74) is 1.27. The maximum Gasteiger partial charge on any atom is 0.338 e. The smallest absolute Gasteiger partial charge is 0.338 e. The number of aromatic nitrogens is 4. The summed E-state index contributed by atoms with van der Waals surface area (Å²) in [4.78, 5) is 46.8. The Morgan fingerprint density at radius 3 is 2.81 bits per heavy atom. The van der Waals surface area contributed by atoms with Gasteiger partial charge in [0.1, 0.15) is 18.1 Å². The van der Waals surface area contributed by atoms with Crippen LogP contribution in [0.5, 0.6) is 0 Å². The highest BCUT2D eigenvalue weighted by atomic mass is 79.9. The second kappa shape index (κ2) is 8.31. The molecule has 0 unspecified atom stereocenters. The van der Waals surface area contributed by atoms with Gasteiger partial charge in [-0.2, -0.15) is 0 Å². The van der Waals surface area contributed by atoms with Crippen molar-refractivity contribution in [1.29, 1.82) is 0 Å². The number of pyridine rings is 1. The van der Waals surface area contributed by atoms with Crippen molar-refractivity contribution in [3.63, 3.8) is 0 Å². The van der Waals surface area contributed by atoms with E-state index in [4.69, 9.17) is 4.74 Å². The molecule has 8 nitrogen and oxygen atoms in total. The maximum absolute atomic E-state index is 12.8. The van der Waals surface area contributed by atoms with E-state index in [-0.39, 0.29) is 17.7 Å². The van der Waals surface area contributed by atoms with Crippen molar-refractivity contribution in [2.45, 2.75) is 38.8 Å². The van der Waals surface area contributed by atoms with Gasteiger partial charge in [-0.25, -0.2) is 14.8 Å². The average molecular weight is 495 g/mol. The maximum atomic E-state index is 12.8. The molecule has 1 aromatic carbocycles. The number of hydrogen-bond donors (Lipinski definition) is 0. The van der Waals surface area contributed by atoms with Crippen LogP contribution in [-0.2, 0) is 24.3 Å². The first-order valence-electron chi connectivity index (χ1n) is 10.4. The van der Waals surface area contributed by atoms with Crippen LogP contribution in [0.2, 0.25) is 0 Å². The molecule has 9 heteroatoms. The zero-order valence-electron chi connectivity index (χ0n) is 17.1. The lowest BCUT2D eigenvalue weighted by molar-refractivity contribution is 0.0468. The van der Waals surface area contributed by atoms with Crippen LogP contribution in [0.4, 0.5) is 0 Å². The first kappa shape index (κ1) is 20.6. The molecular weight excluding hydrogens is 476 g/mol. The number of ether oxygens (including phenoxy) is 1. The summed E-state index contributed by atoms with van der Waals surface area (Å²) in [6, 6.07) is 9.60. The van der Waals surface area contributed by atoms with Gasteiger partial charge in [-0.1, -0.05) is 6.42 Å². The third kappa shape index (κ3) is 3.84. The van der Waals surface area contributed by atoms with Gasteiger partial charge in [0, 0.05) is 29.7 Å². The van der Waals surface area contributed by atoms with E-state index >= 15 is 0 Å². The lowest BCUT2D eigenvalue weighted by atomic mass is 10.1. The van der Waals surface area contributed by atoms with Gasteiger partial charge in [0.2, 0.25) is 0 Å². The molecule has 0 spiro atoms. The van der Waals surface area contributed by atoms with Crippen LogP contribution in [0, 0.1) is 0 Å². The number of carbonyl (C=O) groups is 1. The van der Waals surface area contributed by atoms with Gasteiger partial charge in [0.05, 0.1) is 22.2 Å². The highest BCUT2D eigenvalue weighted by Crippen LogP contribution is 2.17. The van der Waals surface area contributed by atoms with E-state index in [2.05, 4.69) is 25.9 Å². The highest BCUT2D eigenvalue weighted by molar-refractivity contribution is 9.10. The lowest BCUT2D eigenvalue weighted by Gasteiger charge is -2.11. The van der Waals surface area contributed by atoms with E-state index < -0.39 is 5.97 Å². The number of rotatable bonds is 3. The van der Waals surface area contributed by atoms with Crippen molar-refractivity contribution in [3.8, 4) is 0 Å². The third-order valence-corrected chi connectivity index (χ3v) is 6.05. The number of esters is 1. The second-order valence-electron chi connectivity index (χ2n) is 7.76. The number of fused-ring (bicyclic) bond motifs is 3. The van der Waals surface area contributed by atoms with Crippen LogP contribution >= 0.6 is 15.9 Å². The minimum atomic E-state index is -0.568. The fourth-order valence-electron chi connectivity index (χ4n) is 3.97. The van der Waals surface area contributed by atoms with E-state index in [1.807, 2.05) is 0 Å². The molecule has 0 bridgehead atoms. The SMILES string of the molecule is O=C(OCc1cc(=O)n2cc(Br)ccc2n1)c1ccc2c(=O)n3c(nc2c1)CCCCC3. The molecule has 1 aliphatic rings. The quantitative estimate of drug-likeness (QED) is 0.405. The van der Waals surface area contributed by atoms with Crippen LogP contribution in [0.1, 0.15) is 41.1 Å². The standard InChI is InChI=1S/C23H19BrN4O4/c24-15-6-8-20-25-16(11-21(29)28(20)12-15)13-32-23(31)14-5-7-17-18(10-14)26-19-4-2-1-3-9-27(19)22(17)30/h5-8,10-12H,1-4,9,13H2. The van der Waals surface area contributed by atoms with Crippen molar-refractivity contribution in [2.24, 2.45) is 0 Å². The Morgan fingerprint density at radius 2 is 1.94 bits per heavy atom. The predicted octanol–water partition coefficient (Wildman–Crippen LogP) is 3.25. The summed E-state index contributed by atoms with van der Waals surface area (Å²) in [5.74, 6) is 0.194. The molecule has 32 heavy (non-hydrogen) atoms. The van der Waals surface area contributed by atoms with Crippen LogP contribution in [0.3, 0.4) is 0 Å². The Morgan fingerprint density at radius 1 is 1.06 bits per heavy atom. The van der Waals surface area contributed by atoms with Gasteiger partial charge < -0.3 is 4.74 Å². The van der Waals surface area contributed by atoms with Crippen molar-refractivity contribution >= 4 is 38.4 Å². The molecule has 0 saturated carbocycles. The minimum absolute atomic E-state index is 0.0701. The minimum Gasteiger partial charge on any atom is -0.456 e. The molecular formula is C23H19BrN4O4. The van der Waals surface area contributed by atoms with Crippen molar-refractivity contribution in [1.82, 2.24) is 18.9 Å². The van der Waals surface area contributed by atoms with Crippen molar-refractivity contribution < 1.29 is 9.53 Å². The molecule has 4 heterocycles.